The van der Waals surface area contributed by atoms with Crippen molar-refractivity contribution in [2.45, 2.75) is 19.8 Å². The van der Waals surface area contributed by atoms with Crippen LogP contribution in [0.5, 0.6) is 0 Å². The number of halogens is 1. The molecule has 58 valence electrons. The second-order valence-corrected chi connectivity index (χ2v) is 3.34. The Hall–Kier alpha value is -0.0600. The van der Waals surface area contributed by atoms with Gasteiger partial charge < -0.3 is 5.32 Å². The van der Waals surface area contributed by atoms with Crippen LogP contribution < -0.4 is 5.32 Å². The van der Waals surface area contributed by atoms with Crippen molar-refractivity contribution < 1.29 is 4.79 Å². The Balaban J connectivity index is 3.77. The molecule has 0 aromatic rings. The lowest BCUT2D eigenvalue weighted by Crippen LogP contribution is -2.14. The number of carbonyl (C=O) groups is 1. The monoisotopic (exact) mass is 253 g/mol. The van der Waals surface area contributed by atoms with Crippen molar-refractivity contribution in [2.75, 3.05) is 7.05 Å². The molecule has 0 aliphatic heterocycles. The summed E-state index contributed by atoms with van der Waals surface area (Å²) >= 11 is 2.18. The fraction of sp³-hybridized carbons (Fsp3) is 0.571. The maximum absolute atomic E-state index is 10.7. The summed E-state index contributed by atoms with van der Waals surface area (Å²) in [6.07, 6.45) is 3.71. The van der Waals surface area contributed by atoms with E-state index in [0.29, 0.717) is 0 Å². The third kappa shape index (κ3) is 4.78. The molecule has 1 amide bonds. The zero-order valence-corrected chi connectivity index (χ0v) is 8.44. The van der Waals surface area contributed by atoms with Gasteiger partial charge in [-0.05, 0) is 32.6 Å². The van der Waals surface area contributed by atoms with Crippen LogP contribution in [0.1, 0.15) is 19.8 Å². The summed E-state index contributed by atoms with van der Waals surface area (Å²) in [4.78, 5) is 10.7. The predicted molar refractivity (Wildman–Crippen MR) is 51.1 cm³/mol. The molecule has 0 saturated carbocycles. The van der Waals surface area contributed by atoms with E-state index in [-0.39, 0.29) is 5.91 Å². The zero-order valence-electron chi connectivity index (χ0n) is 6.28. The van der Waals surface area contributed by atoms with Crippen LogP contribution in [0.15, 0.2) is 9.66 Å². The summed E-state index contributed by atoms with van der Waals surface area (Å²) in [5, 5.41) is 2.53. The molecule has 0 aliphatic carbocycles. The number of rotatable bonds is 3. The molecule has 0 atom stereocenters. The average Bonchev–Trinajstić information content (AvgIpc) is 1.88. The van der Waals surface area contributed by atoms with E-state index < -0.39 is 0 Å². The van der Waals surface area contributed by atoms with Gasteiger partial charge in [0.1, 0.15) is 0 Å². The molecule has 0 rings (SSSR count). The van der Waals surface area contributed by atoms with Crippen molar-refractivity contribution in [3.05, 3.63) is 9.66 Å². The second-order valence-electron chi connectivity index (χ2n) is 1.96. The lowest BCUT2D eigenvalue weighted by atomic mass is 10.3. The van der Waals surface area contributed by atoms with Crippen LogP contribution in [0.25, 0.3) is 0 Å². The quantitative estimate of drug-likeness (QED) is 0.603. The molecular weight excluding hydrogens is 241 g/mol. The molecule has 0 aromatic heterocycles. The third-order valence-electron chi connectivity index (χ3n) is 1.02. The van der Waals surface area contributed by atoms with Crippen LogP contribution >= 0.6 is 22.6 Å². The summed E-state index contributed by atoms with van der Waals surface area (Å²) in [6, 6.07) is 0. The Kier molecular flexibility index (Phi) is 5.67. The fourth-order valence-corrected chi connectivity index (χ4v) is 1.35. The van der Waals surface area contributed by atoms with Gasteiger partial charge in [0.15, 0.2) is 0 Å². The highest BCUT2D eigenvalue weighted by molar-refractivity contribution is 14.1. The van der Waals surface area contributed by atoms with Crippen LogP contribution in [-0.4, -0.2) is 13.0 Å². The van der Waals surface area contributed by atoms with Crippen molar-refractivity contribution in [1.82, 2.24) is 5.32 Å². The Bertz CT molecular complexity index is 143. The van der Waals surface area contributed by atoms with Crippen molar-refractivity contribution >= 4 is 28.5 Å². The highest BCUT2D eigenvalue weighted by atomic mass is 127. The standard InChI is InChI=1S/C7H12INO/c1-3-4-6(8)5-7(10)9-2/h5H,3-4H2,1-2H3,(H,9,10)/b6-5+. The van der Waals surface area contributed by atoms with Gasteiger partial charge in [-0.1, -0.05) is 13.3 Å². The van der Waals surface area contributed by atoms with Crippen molar-refractivity contribution in [2.24, 2.45) is 0 Å². The summed E-state index contributed by atoms with van der Waals surface area (Å²) < 4.78 is 1.11. The number of likely N-dealkylation sites (N-methyl/N-ethyl adjacent to an activating group) is 1. The summed E-state index contributed by atoms with van der Waals surface area (Å²) in [7, 11) is 1.63. The smallest absolute Gasteiger partial charge is 0.244 e. The fourth-order valence-electron chi connectivity index (χ4n) is 0.525. The summed E-state index contributed by atoms with van der Waals surface area (Å²) in [5.74, 6) is -0.0159. The number of allylic oxidation sites excluding steroid dienone is 1. The Morgan fingerprint density at radius 1 is 1.70 bits per heavy atom. The summed E-state index contributed by atoms with van der Waals surface area (Å²) in [6.45, 7) is 2.09. The number of nitrogens with one attached hydrogen (secondary N) is 1. The molecule has 0 fully saturated rings. The molecule has 0 saturated heterocycles. The van der Waals surface area contributed by atoms with Gasteiger partial charge in [0.2, 0.25) is 5.91 Å². The molecular formula is C7H12INO. The molecule has 0 heterocycles. The van der Waals surface area contributed by atoms with E-state index in [9.17, 15) is 4.79 Å². The molecule has 0 radical (unpaired) electrons. The maximum atomic E-state index is 10.7. The molecule has 3 heteroatoms. The Labute approximate surface area is 75.2 Å². The van der Waals surface area contributed by atoms with Crippen LogP contribution in [-0.2, 0) is 4.79 Å². The Morgan fingerprint density at radius 3 is 2.70 bits per heavy atom. The first kappa shape index (κ1) is 9.94. The van der Waals surface area contributed by atoms with Crippen molar-refractivity contribution in [1.29, 1.82) is 0 Å². The highest BCUT2D eigenvalue weighted by Gasteiger charge is 1.93. The van der Waals surface area contributed by atoms with E-state index >= 15 is 0 Å². The minimum Gasteiger partial charge on any atom is -0.356 e. The first-order valence-corrected chi connectivity index (χ1v) is 4.36. The number of hydrogen-bond donors (Lipinski definition) is 1. The minimum absolute atomic E-state index is 0.0159. The number of amides is 1. The van der Waals surface area contributed by atoms with E-state index in [0.717, 1.165) is 16.4 Å². The van der Waals surface area contributed by atoms with Gasteiger partial charge in [-0.15, -0.1) is 0 Å². The van der Waals surface area contributed by atoms with Gasteiger partial charge in [-0.25, -0.2) is 0 Å². The molecule has 0 spiro atoms. The first-order chi connectivity index (χ1) is 4.70. The van der Waals surface area contributed by atoms with E-state index in [2.05, 4.69) is 34.8 Å². The first-order valence-electron chi connectivity index (χ1n) is 3.28. The lowest BCUT2D eigenvalue weighted by Gasteiger charge is -1.94. The van der Waals surface area contributed by atoms with Crippen molar-refractivity contribution in [3.63, 3.8) is 0 Å². The van der Waals surface area contributed by atoms with Gasteiger partial charge >= 0.3 is 0 Å². The van der Waals surface area contributed by atoms with E-state index in [1.54, 1.807) is 13.1 Å². The Morgan fingerprint density at radius 2 is 2.30 bits per heavy atom. The van der Waals surface area contributed by atoms with Gasteiger partial charge in [-0.2, -0.15) is 0 Å². The van der Waals surface area contributed by atoms with Crippen LogP contribution in [0, 0.1) is 0 Å². The van der Waals surface area contributed by atoms with Gasteiger partial charge in [0.05, 0.1) is 0 Å². The summed E-state index contributed by atoms with van der Waals surface area (Å²) in [5.41, 5.74) is 0. The number of carbonyl (C=O) groups excluding carboxylic acids is 1. The number of hydrogen-bond acceptors (Lipinski definition) is 1. The largest absolute Gasteiger partial charge is 0.356 e. The zero-order chi connectivity index (χ0) is 7.98. The SMILES string of the molecule is CCC/C(I)=C\C(=O)NC. The molecule has 0 aliphatic rings. The average molecular weight is 253 g/mol. The highest BCUT2D eigenvalue weighted by Crippen LogP contribution is 2.12. The van der Waals surface area contributed by atoms with E-state index in [4.69, 9.17) is 0 Å². The lowest BCUT2D eigenvalue weighted by molar-refractivity contribution is -0.116. The van der Waals surface area contributed by atoms with E-state index in [1.807, 2.05) is 0 Å². The molecule has 0 bridgehead atoms. The molecule has 0 aromatic carbocycles. The predicted octanol–water partition coefficient (Wildman–Crippen LogP) is 1.85. The van der Waals surface area contributed by atoms with Crippen molar-refractivity contribution in [3.8, 4) is 0 Å². The normalized spacial score (nSPS) is 11.3. The van der Waals surface area contributed by atoms with E-state index in [1.165, 1.54) is 0 Å². The molecule has 1 N–H and O–H groups in total. The van der Waals surface area contributed by atoms with Crippen LogP contribution in [0.2, 0.25) is 0 Å². The molecule has 0 unspecified atom stereocenters. The van der Waals surface area contributed by atoms with Gasteiger partial charge in [-0.3, -0.25) is 4.79 Å². The minimum atomic E-state index is -0.0159. The van der Waals surface area contributed by atoms with Gasteiger partial charge in [0.25, 0.3) is 0 Å². The second kappa shape index (κ2) is 5.70. The maximum Gasteiger partial charge on any atom is 0.244 e. The molecule has 10 heavy (non-hydrogen) atoms. The third-order valence-corrected chi connectivity index (χ3v) is 1.87. The van der Waals surface area contributed by atoms with Crippen LogP contribution in [0.3, 0.4) is 0 Å². The van der Waals surface area contributed by atoms with Gasteiger partial charge in [0, 0.05) is 13.1 Å². The topological polar surface area (TPSA) is 29.1 Å². The van der Waals surface area contributed by atoms with Crippen LogP contribution in [0.4, 0.5) is 0 Å². The molecule has 2 nitrogen and oxygen atoms in total.